The van der Waals surface area contributed by atoms with Crippen molar-refractivity contribution in [3.63, 3.8) is 0 Å². The maximum atomic E-state index is 11.5. The average molecular weight is 173 g/mol. The van der Waals surface area contributed by atoms with Crippen molar-refractivity contribution in [3.05, 3.63) is 29.6 Å². The van der Waals surface area contributed by atoms with E-state index in [1.165, 1.54) is 0 Å². The van der Waals surface area contributed by atoms with Gasteiger partial charge >= 0.3 is 0 Å². The van der Waals surface area contributed by atoms with Crippen molar-refractivity contribution in [1.82, 2.24) is 4.98 Å². The van der Waals surface area contributed by atoms with Crippen molar-refractivity contribution < 1.29 is 4.79 Å². The molecular weight excluding hydrogens is 162 g/mol. The summed E-state index contributed by atoms with van der Waals surface area (Å²) >= 11 is 0. The summed E-state index contributed by atoms with van der Waals surface area (Å²) in [7, 11) is 0. The van der Waals surface area contributed by atoms with Crippen molar-refractivity contribution >= 4 is 5.78 Å². The Kier molecular flexibility index (Phi) is 3.22. The Balaban J connectivity index is 2.78. The number of aryl methyl sites for hydroxylation is 1. The number of terminal acetylenes is 1. The van der Waals surface area contributed by atoms with Crippen LogP contribution in [-0.4, -0.2) is 10.8 Å². The fraction of sp³-hybridized carbons (Fsp3) is 0.273. The van der Waals surface area contributed by atoms with E-state index in [-0.39, 0.29) is 5.78 Å². The quantitative estimate of drug-likeness (QED) is 0.516. The molecule has 0 atom stereocenters. The minimum absolute atomic E-state index is 0.0727. The molecule has 0 spiro atoms. The van der Waals surface area contributed by atoms with E-state index >= 15 is 0 Å². The first-order valence-electron chi connectivity index (χ1n) is 4.14. The van der Waals surface area contributed by atoms with Crippen LogP contribution >= 0.6 is 0 Å². The Morgan fingerprint density at radius 3 is 3.08 bits per heavy atom. The lowest BCUT2D eigenvalue weighted by Crippen LogP contribution is -2.02. The molecule has 0 aliphatic carbocycles. The highest BCUT2D eigenvalue weighted by molar-refractivity contribution is 5.97. The van der Waals surface area contributed by atoms with Crippen LogP contribution in [-0.2, 0) is 0 Å². The number of hydrogen-bond acceptors (Lipinski definition) is 2. The maximum Gasteiger partial charge on any atom is 0.165 e. The van der Waals surface area contributed by atoms with Crippen molar-refractivity contribution in [2.45, 2.75) is 19.8 Å². The van der Waals surface area contributed by atoms with Crippen molar-refractivity contribution in [1.29, 1.82) is 0 Å². The van der Waals surface area contributed by atoms with Gasteiger partial charge in [0.1, 0.15) is 0 Å². The van der Waals surface area contributed by atoms with Gasteiger partial charge in [-0.15, -0.1) is 12.3 Å². The van der Waals surface area contributed by atoms with Gasteiger partial charge in [0.15, 0.2) is 5.78 Å². The summed E-state index contributed by atoms with van der Waals surface area (Å²) in [5, 5.41) is 0. The Bertz CT molecular complexity index is 349. The summed E-state index contributed by atoms with van der Waals surface area (Å²) in [5.74, 6) is 2.52. The molecule has 1 heterocycles. The van der Waals surface area contributed by atoms with Gasteiger partial charge in [0.2, 0.25) is 0 Å². The normalized spacial score (nSPS) is 9.23. The molecule has 0 radical (unpaired) electrons. The third kappa shape index (κ3) is 2.41. The fourth-order valence-corrected chi connectivity index (χ4v) is 1.10. The van der Waals surface area contributed by atoms with Crippen LogP contribution in [0.3, 0.4) is 0 Å². The summed E-state index contributed by atoms with van der Waals surface area (Å²) < 4.78 is 0. The highest BCUT2D eigenvalue weighted by atomic mass is 16.1. The molecule has 66 valence electrons. The number of pyridine rings is 1. The molecule has 0 N–H and O–H groups in total. The van der Waals surface area contributed by atoms with E-state index in [9.17, 15) is 4.79 Å². The van der Waals surface area contributed by atoms with Gasteiger partial charge in [0.25, 0.3) is 0 Å². The van der Waals surface area contributed by atoms with Crippen LogP contribution in [0.2, 0.25) is 0 Å². The third-order valence-electron chi connectivity index (χ3n) is 1.80. The molecule has 0 aliphatic heterocycles. The van der Waals surface area contributed by atoms with Crippen LogP contribution in [0.1, 0.15) is 28.9 Å². The molecule has 1 aromatic heterocycles. The standard InChI is InChI=1S/C11H11NO/c1-3-4-7-11(13)10-6-5-8-12-9(10)2/h1,5-6,8H,4,7H2,2H3. The van der Waals surface area contributed by atoms with E-state index in [0.29, 0.717) is 18.4 Å². The number of carbonyl (C=O) groups is 1. The minimum atomic E-state index is 0.0727. The molecule has 0 aromatic carbocycles. The monoisotopic (exact) mass is 173 g/mol. The molecule has 0 aliphatic rings. The Morgan fingerprint density at radius 1 is 1.69 bits per heavy atom. The van der Waals surface area contributed by atoms with Crippen LogP contribution in [0.25, 0.3) is 0 Å². The molecule has 0 saturated heterocycles. The lowest BCUT2D eigenvalue weighted by atomic mass is 10.1. The summed E-state index contributed by atoms with van der Waals surface area (Å²) in [5.41, 5.74) is 1.45. The average Bonchev–Trinajstić information content (AvgIpc) is 2.15. The lowest BCUT2D eigenvalue weighted by molar-refractivity contribution is 0.0983. The number of carbonyl (C=O) groups excluding carboxylic acids is 1. The van der Waals surface area contributed by atoms with Gasteiger partial charge < -0.3 is 0 Å². The summed E-state index contributed by atoms with van der Waals surface area (Å²) in [6.45, 7) is 1.82. The Hall–Kier alpha value is -1.62. The van der Waals surface area contributed by atoms with Crippen LogP contribution in [0, 0.1) is 19.3 Å². The zero-order valence-corrected chi connectivity index (χ0v) is 7.58. The highest BCUT2D eigenvalue weighted by Crippen LogP contribution is 2.07. The second-order valence-corrected chi connectivity index (χ2v) is 2.76. The van der Waals surface area contributed by atoms with E-state index in [0.717, 1.165) is 5.69 Å². The second-order valence-electron chi connectivity index (χ2n) is 2.76. The summed E-state index contributed by atoms with van der Waals surface area (Å²) in [6.07, 6.45) is 7.65. The van der Waals surface area contributed by atoms with Crippen LogP contribution in [0.5, 0.6) is 0 Å². The molecular formula is C11H11NO. The Labute approximate surface area is 78.0 Å². The fourth-order valence-electron chi connectivity index (χ4n) is 1.10. The maximum absolute atomic E-state index is 11.5. The molecule has 1 rings (SSSR count). The molecule has 1 aromatic rings. The predicted molar refractivity (Wildman–Crippen MR) is 51.4 cm³/mol. The first-order valence-corrected chi connectivity index (χ1v) is 4.14. The largest absolute Gasteiger partial charge is 0.294 e. The van der Waals surface area contributed by atoms with Gasteiger partial charge in [-0.3, -0.25) is 9.78 Å². The molecule has 0 saturated carbocycles. The van der Waals surface area contributed by atoms with Crippen LogP contribution in [0.15, 0.2) is 18.3 Å². The Morgan fingerprint density at radius 2 is 2.46 bits per heavy atom. The summed E-state index contributed by atoms with van der Waals surface area (Å²) in [6, 6.07) is 3.54. The molecule has 0 fully saturated rings. The first-order chi connectivity index (χ1) is 6.25. The molecule has 2 heteroatoms. The lowest BCUT2D eigenvalue weighted by Gasteiger charge is -2.00. The van der Waals surface area contributed by atoms with Crippen LogP contribution < -0.4 is 0 Å². The second kappa shape index (κ2) is 4.42. The van der Waals surface area contributed by atoms with Gasteiger partial charge in [0.05, 0.1) is 0 Å². The van der Waals surface area contributed by atoms with E-state index in [1.54, 1.807) is 18.3 Å². The molecule has 13 heavy (non-hydrogen) atoms. The number of ketones is 1. The zero-order valence-electron chi connectivity index (χ0n) is 7.58. The minimum Gasteiger partial charge on any atom is -0.294 e. The number of hydrogen-bond donors (Lipinski definition) is 0. The molecule has 0 amide bonds. The van der Waals surface area contributed by atoms with Gasteiger partial charge in [-0.1, -0.05) is 0 Å². The van der Waals surface area contributed by atoms with E-state index in [1.807, 2.05) is 6.92 Å². The topological polar surface area (TPSA) is 30.0 Å². The van der Waals surface area contributed by atoms with Gasteiger partial charge in [-0.2, -0.15) is 0 Å². The van der Waals surface area contributed by atoms with Crippen molar-refractivity contribution in [3.8, 4) is 12.3 Å². The molecule has 0 bridgehead atoms. The summed E-state index contributed by atoms with van der Waals surface area (Å²) in [4.78, 5) is 15.5. The number of aromatic nitrogens is 1. The zero-order chi connectivity index (χ0) is 9.68. The number of rotatable bonds is 3. The molecule has 0 unspecified atom stereocenters. The number of nitrogens with zero attached hydrogens (tertiary/aromatic N) is 1. The van der Waals surface area contributed by atoms with Crippen LogP contribution in [0.4, 0.5) is 0 Å². The van der Waals surface area contributed by atoms with Crippen molar-refractivity contribution in [2.24, 2.45) is 0 Å². The van der Waals surface area contributed by atoms with Gasteiger partial charge in [-0.05, 0) is 19.1 Å². The van der Waals surface area contributed by atoms with Gasteiger partial charge in [-0.25, -0.2) is 0 Å². The van der Waals surface area contributed by atoms with E-state index in [2.05, 4.69) is 10.9 Å². The third-order valence-corrected chi connectivity index (χ3v) is 1.80. The smallest absolute Gasteiger partial charge is 0.165 e. The van der Waals surface area contributed by atoms with Gasteiger partial charge in [0, 0.05) is 30.3 Å². The molecule has 2 nitrogen and oxygen atoms in total. The number of Topliss-reactive ketones (excluding diaryl/α,β-unsaturated/α-hetero) is 1. The van der Waals surface area contributed by atoms with E-state index < -0.39 is 0 Å². The highest BCUT2D eigenvalue weighted by Gasteiger charge is 2.07. The SMILES string of the molecule is C#CCCC(=O)c1cccnc1C. The predicted octanol–water partition coefficient (Wildman–Crippen LogP) is 1.99. The van der Waals surface area contributed by atoms with E-state index in [4.69, 9.17) is 6.42 Å². The van der Waals surface area contributed by atoms with Crippen molar-refractivity contribution in [2.75, 3.05) is 0 Å². The first kappa shape index (κ1) is 9.47.